The number of fused-ring (bicyclic) bond motifs is 2. The zero-order valence-electron chi connectivity index (χ0n) is 17.9. The van der Waals surface area contributed by atoms with Gasteiger partial charge in [-0.25, -0.2) is 4.98 Å². The van der Waals surface area contributed by atoms with Gasteiger partial charge in [0.15, 0.2) is 11.5 Å². The number of likely N-dealkylation sites (tertiary alicyclic amines) is 1. The molecule has 1 N–H and O–H groups in total. The van der Waals surface area contributed by atoms with Crippen LogP contribution in [0.1, 0.15) is 37.7 Å². The van der Waals surface area contributed by atoms with Crippen molar-refractivity contribution in [3.8, 4) is 17.4 Å². The lowest BCUT2D eigenvalue weighted by atomic mass is 10.1. The first-order valence-corrected chi connectivity index (χ1v) is 11.2. The summed E-state index contributed by atoms with van der Waals surface area (Å²) in [7, 11) is 0. The Hall–Kier alpha value is -2.64. The van der Waals surface area contributed by atoms with Crippen LogP contribution in [0.25, 0.3) is 0 Å². The number of amides is 1. The van der Waals surface area contributed by atoms with Gasteiger partial charge < -0.3 is 19.5 Å². The molecule has 3 heterocycles. The molecule has 0 unspecified atom stereocenters. The van der Waals surface area contributed by atoms with Crippen molar-refractivity contribution in [2.45, 2.75) is 44.8 Å². The van der Waals surface area contributed by atoms with E-state index in [9.17, 15) is 9.90 Å². The fourth-order valence-electron chi connectivity index (χ4n) is 4.05. The third-order valence-electron chi connectivity index (χ3n) is 5.85. The maximum atomic E-state index is 12.9. The van der Waals surface area contributed by atoms with Gasteiger partial charge in [0.25, 0.3) is 0 Å². The molecule has 4 rings (SSSR count). The second-order valence-corrected chi connectivity index (χ2v) is 8.25. The second kappa shape index (κ2) is 10.6. The number of aliphatic hydroxyl groups is 1. The lowest BCUT2D eigenvalue weighted by molar-refractivity contribution is -0.134. The van der Waals surface area contributed by atoms with E-state index in [1.165, 1.54) is 0 Å². The molecule has 7 nitrogen and oxygen atoms in total. The Morgan fingerprint density at radius 1 is 1.03 bits per heavy atom. The second-order valence-electron chi connectivity index (χ2n) is 8.25. The largest absolute Gasteiger partial charge is 0.490 e. The number of para-hydroxylation sites is 2. The van der Waals surface area contributed by atoms with Gasteiger partial charge in [0.1, 0.15) is 0 Å². The smallest absolute Gasteiger partial charge is 0.236 e. The minimum atomic E-state index is -0.283. The van der Waals surface area contributed by atoms with E-state index in [0.29, 0.717) is 57.3 Å². The number of hydrogen-bond acceptors (Lipinski definition) is 6. The highest BCUT2D eigenvalue weighted by atomic mass is 16.5. The Labute approximate surface area is 183 Å². The molecular formula is C24H31N3O4. The summed E-state index contributed by atoms with van der Waals surface area (Å²) >= 11 is 0. The molecule has 1 saturated heterocycles. The van der Waals surface area contributed by atoms with Gasteiger partial charge in [-0.3, -0.25) is 9.69 Å². The number of ether oxygens (including phenoxy) is 2. The number of carbonyl (C=O) groups is 1. The summed E-state index contributed by atoms with van der Waals surface area (Å²) in [6.45, 7) is 3.66. The lowest BCUT2D eigenvalue weighted by Crippen LogP contribution is -2.45. The molecule has 0 bridgehead atoms. The van der Waals surface area contributed by atoms with Crippen LogP contribution in [-0.2, 0) is 11.3 Å². The summed E-state index contributed by atoms with van der Waals surface area (Å²) in [6.07, 6.45) is 5.73. The molecular weight excluding hydrogens is 394 g/mol. The molecule has 0 aliphatic carbocycles. The Morgan fingerprint density at radius 3 is 2.68 bits per heavy atom. The van der Waals surface area contributed by atoms with Crippen LogP contribution >= 0.6 is 0 Å². The van der Waals surface area contributed by atoms with Gasteiger partial charge >= 0.3 is 0 Å². The van der Waals surface area contributed by atoms with E-state index in [2.05, 4.69) is 9.88 Å². The highest BCUT2D eigenvalue weighted by Gasteiger charge is 2.23. The summed E-state index contributed by atoms with van der Waals surface area (Å²) in [5.41, 5.74) is 0.943. The van der Waals surface area contributed by atoms with Crippen molar-refractivity contribution in [1.82, 2.24) is 14.8 Å². The average molecular weight is 426 g/mol. The number of rotatable bonds is 2. The maximum absolute atomic E-state index is 12.9. The number of benzene rings is 1. The van der Waals surface area contributed by atoms with Crippen molar-refractivity contribution in [3.63, 3.8) is 0 Å². The number of nitrogens with zero attached hydrogens (tertiary/aromatic N) is 3. The van der Waals surface area contributed by atoms with Gasteiger partial charge in [0.05, 0.1) is 19.3 Å². The topological polar surface area (TPSA) is 75.1 Å². The first-order valence-electron chi connectivity index (χ1n) is 11.2. The lowest BCUT2D eigenvalue weighted by Gasteiger charge is -2.32. The molecule has 2 aromatic rings. The first-order chi connectivity index (χ1) is 15.2. The van der Waals surface area contributed by atoms with Crippen molar-refractivity contribution in [1.29, 1.82) is 0 Å². The molecule has 2 aliphatic rings. The first kappa shape index (κ1) is 21.6. The molecule has 7 heteroatoms. The van der Waals surface area contributed by atoms with Crippen LogP contribution < -0.4 is 9.47 Å². The van der Waals surface area contributed by atoms with Gasteiger partial charge in [-0.1, -0.05) is 18.2 Å². The summed E-state index contributed by atoms with van der Waals surface area (Å²) < 4.78 is 12.1. The zero-order chi connectivity index (χ0) is 21.5. The van der Waals surface area contributed by atoms with Gasteiger partial charge in [-0.2, -0.15) is 0 Å². The van der Waals surface area contributed by atoms with Gasteiger partial charge in [0.2, 0.25) is 11.8 Å². The van der Waals surface area contributed by atoms with Gasteiger partial charge in [-0.15, -0.1) is 0 Å². The van der Waals surface area contributed by atoms with E-state index < -0.39 is 0 Å². The van der Waals surface area contributed by atoms with Crippen LogP contribution in [0.15, 0.2) is 42.6 Å². The molecule has 166 valence electrons. The SMILES string of the molecule is O=C(CN1CCCCCOc2ccccc2Oc2ncccc2C1)N1CCC(O)CC1. The number of aliphatic hydroxyl groups excluding tert-OH is 1. The van der Waals surface area contributed by atoms with E-state index >= 15 is 0 Å². The predicted molar refractivity (Wildman–Crippen MR) is 117 cm³/mol. The van der Waals surface area contributed by atoms with Crippen molar-refractivity contribution in [3.05, 3.63) is 48.2 Å². The molecule has 31 heavy (non-hydrogen) atoms. The summed E-state index contributed by atoms with van der Waals surface area (Å²) in [5.74, 6) is 2.03. The molecule has 1 aromatic heterocycles. The summed E-state index contributed by atoms with van der Waals surface area (Å²) in [6, 6.07) is 11.6. The highest BCUT2D eigenvalue weighted by Crippen LogP contribution is 2.32. The zero-order valence-corrected chi connectivity index (χ0v) is 17.9. The quantitative estimate of drug-likeness (QED) is 0.796. The predicted octanol–water partition coefficient (Wildman–Crippen LogP) is 3.22. The molecule has 1 aromatic carbocycles. The number of hydrogen-bond donors (Lipinski definition) is 1. The minimum absolute atomic E-state index is 0.122. The number of carbonyl (C=O) groups excluding carboxylic acids is 1. The molecule has 0 radical (unpaired) electrons. The molecule has 0 spiro atoms. The Kier molecular flexibility index (Phi) is 7.38. The van der Waals surface area contributed by atoms with E-state index in [0.717, 1.165) is 37.1 Å². The van der Waals surface area contributed by atoms with E-state index in [1.807, 2.05) is 41.3 Å². The van der Waals surface area contributed by atoms with Crippen molar-refractivity contribution < 1.29 is 19.4 Å². The number of piperidine rings is 1. The Morgan fingerprint density at radius 2 is 1.84 bits per heavy atom. The van der Waals surface area contributed by atoms with Crippen molar-refractivity contribution >= 4 is 5.91 Å². The number of aromatic nitrogens is 1. The molecule has 0 saturated carbocycles. The van der Waals surface area contributed by atoms with Crippen molar-refractivity contribution in [2.24, 2.45) is 0 Å². The maximum Gasteiger partial charge on any atom is 0.236 e. The Balaban J connectivity index is 1.52. The monoisotopic (exact) mass is 425 g/mol. The van der Waals surface area contributed by atoms with E-state index in [4.69, 9.17) is 9.47 Å². The fourth-order valence-corrected chi connectivity index (χ4v) is 4.05. The van der Waals surface area contributed by atoms with Crippen LogP contribution in [0, 0.1) is 0 Å². The van der Waals surface area contributed by atoms with Crippen LogP contribution in [0.5, 0.6) is 17.4 Å². The molecule has 0 atom stereocenters. The molecule has 2 aliphatic heterocycles. The van der Waals surface area contributed by atoms with E-state index in [-0.39, 0.29) is 12.0 Å². The molecule has 1 amide bonds. The third-order valence-corrected chi connectivity index (χ3v) is 5.85. The van der Waals surface area contributed by atoms with Crippen molar-refractivity contribution in [2.75, 3.05) is 32.8 Å². The third kappa shape index (κ3) is 5.95. The standard InChI is InChI=1S/C24H31N3O4/c28-20-10-14-27(15-11-20)23(29)18-26-13-4-1-5-16-30-21-8-2-3-9-22(21)31-24-19(17-26)7-6-12-25-24/h2-3,6-9,12,20,28H,1,4-5,10-11,13-18H2. The van der Waals surface area contributed by atoms with Crippen LogP contribution in [-0.4, -0.2) is 64.7 Å². The van der Waals surface area contributed by atoms with Gasteiger partial charge in [0, 0.05) is 31.4 Å². The normalized spacial score (nSPS) is 18.9. The number of pyridine rings is 1. The van der Waals surface area contributed by atoms with Gasteiger partial charge in [-0.05, 0) is 56.8 Å². The highest BCUT2D eigenvalue weighted by molar-refractivity contribution is 5.78. The summed E-state index contributed by atoms with van der Waals surface area (Å²) in [4.78, 5) is 21.4. The summed E-state index contributed by atoms with van der Waals surface area (Å²) in [5, 5.41) is 9.73. The fraction of sp³-hybridized carbons (Fsp3) is 0.500. The van der Waals surface area contributed by atoms with Crippen LogP contribution in [0.2, 0.25) is 0 Å². The van der Waals surface area contributed by atoms with E-state index in [1.54, 1.807) is 6.20 Å². The minimum Gasteiger partial charge on any atom is -0.490 e. The van der Waals surface area contributed by atoms with Crippen LogP contribution in [0.4, 0.5) is 0 Å². The van der Waals surface area contributed by atoms with Crippen LogP contribution in [0.3, 0.4) is 0 Å². The molecule has 1 fully saturated rings. The average Bonchev–Trinajstić information content (AvgIpc) is 2.79. The Bertz CT molecular complexity index is 867.